The number of carbonyl (C=O) groups is 1. The van der Waals surface area contributed by atoms with Crippen LogP contribution in [-0.4, -0.2) is 22.5 Å². The number of hydrogen-bond acceptors (Lipinski definition) is 5. The van der Waals surface area contributed by atoms with Crippen LogP contribution in [0.25, 0.3) is 0 Å². The Bertz CT molecular complexity index is 988. The van der Waals surface area contributed by atoms with Gasteiger partial charge in [-0.05, 0) is 49.1 Å². The molecule has 2 aromatic carbocycles. The lowest BCUT2D eigenvalue weighted by Crippen LogP contribution is -2.21. The Hall–Kier alpha value is -3.41. The smallest absolute Gasteiger partial charge is 0.262 e. The second-order valence-corrected chi connectivity index (χ2v) is 6.69. The molecule has 1 amide bonds. The molecule has 0 fully saturated rings. The zero-order valence-electron chi connectivity index (χ0n) is 17.0. The van der Waals surface area contributed by atoms with Crippen LogP contribution in [0.5, 0.6) is 5.75 Å². The molecule has 150 valence electrons. The number of para-hydroxylation sites is 1. The number of hydrogen-bond donors (Lipinski definition) is 2. The molecular formula is C23H26N4O2. The molecule has 0 saturated carbocycles. The minimum absolute atomic E-state index is 0.0388. The van der Waals surface area contributed by atoms with Crippen molar-refractivity contribution in [2.45, 2.75) is 33.6 Å². The number of benzene rings is 2. The first-order valence-electron chi connectivity index (χ1n) is 9.78. The van der Waals surface area contributed by atoms with E-state index in [1.54, 1.807) is 0 Å². The van der Waals surface area contributed by atoms with Crippen molar-refractivity contribution in [2.75, 3.05) is 17.2 Å². The van der Waals surface area contributed by atoms with Gasteiger partial charge in [0.05, 0.1) is 0 Å². The largest absolute Gasteiger partial charge is 0.483 e. The van der Waals surface area contributed by atoms with Gasteiger partial charge < -0.3 is 15.4 Å². The van der Waals surface area contributed by atoms with Crippen molar-refractivity contribution in [1.82, 2.24) is 9.97 Å². The fourth-order valence-electron chi connectivity index (χ4n) is 3.02. The van der Waals surface area contributed by atoms with Crippen LogP contribution in [0.15, 0.2) is 54.9 Å². The summed E-state index contributed by atoms with van der Waals surface area (Å²) in [5.74, 6) is 1.26. The van der Waals surface area contributed by atoms with E-state index in [9.17, 15) is 4.79 Å². The van der Waals surface area contributed by atoms with E-state index in [1.165, 1.54) is 6.33 Å². The predicted molar refractivity (Wildman–Crippen MR) is 116 cm³/mol. The highest BCUT2D eigenvalue weighted by atomic mass is 16.5. The number of aromatic nitrogens is 2. The molecule has 0 aliphatic carbocycles. The van der Waals surface area contributed by atoms with E-state index in [0.29, 0.717) is 5.82 Å². The summed E-state index contributed by atoms with van der Waals surface area (Å²) in [5.41, 5.74) is 4.62. The van der Waals surface area contributed by atoms with Crippen molar-refractivity contribution in [3.63, 3.8) is 0 Å². The number of ether oxygens (including phenoxy) is 1. The lowest BCUT2D eigenvalue weighted by Gasteiger charge is -2.14. The van der Waals surface area contributed by atoms with Crippen molar-refractivity contribution in [3.8, 4) is 5.75 Å². The number of carbonyl (C=O) groups excluding carboxylic acids is 1. The first-order valence-corrected chi connectivity index (χ1v) is 9.78. The van der Waals surface area contributed by atoms with Crippen LogP contribution in [0.3, 0.4) is 0 Å². The van der Waals surface area contributed by atoms with Crippen molar-refractivity contribution in [3.05, 3.63) is 71.7 Å². The maximum absolute atomic E-state index is 12.5. The van der Waals surface area contributed by atoms with Crippen LogP contribution in [0, 0.1) is 6.92 Å². The molecule has 0 spiro atoms. The van der Waals surface area contributed by atoms with Gasteiger partial charge in [0.15, 0.2) is 6.61 Å². The molecule has 0 atom stereocenters. The van der Waals surface area contributed by atoms with Crippen LogP contribution >= 0.6 is 0 Å². The predicted octanol–water partition coefficient (Wildman–Crippen LogP) is 4.67. The third kappa shape index (κ3) is 5.54. The van der Waals surface area contributed by atoms with Crippen molar-refractivity contribution < 1.29 is 9.53 Å². The molecule has 0 bridgehead atoms. The fourth-order valence-corrected chi connectivity index (χ4v) is 3.02. The van der Waals surface area contributed by atoms with Gasteiger partial charge in [-0.3, -0.25) is 4.79 Å². The average Bonchev–Trinajstić information content (AvgIpc) is 2.73. The van der Waals surface area contributed by atoms with E-state index in [1.807, 2.05) is 55.5 Å². The van der Waals surface area contributed by atoms with Gasteiger partial charge in [-0.15, -0.1) is 0 Å². The molecule has 0 saturated heterocycles. The normalized spacial score (nSPS) is 10.4. The van der Waals surface area contributed by atoms with E-state index in [4.69, 9.17) is 4.74 Å². The molecule has 2 N–H and O–H groups in total. The summed E-state index contributed by atoms with van der Waals surface area (Å²) >= 11 is 0. The maximum atomic E-state index is 12.5. The highest BCUT2D eigenvalue weighted by Gasteiger charge is 2.10. The van der Waals surface area contributed by atoms with Gasteiger partial charge in [0, 0.05) is 23.1 Å². The van der Waals surface area contributed by atoms with Crippen molar-refractivity contribution >= 4 is 23.1 Å². The number of nitrogens with one attached hydrogen (secondary N) is 2. The van der Waals surface area contributed by atoms with E-state index in [-0.39, 0.29) is 12.5 Å². The maximum Gasteiger partial charge on any atom is 0.262 e. The van der Waals surface area contributed by atoms with E-state index in [0.717, 1.165) is 46.8 Å². The number of amides is 1. The summed E-state index contributed by atoms with van der Waals surface area (Å²) in [6.07, 6.45) is 3.18. The van der Waals surface area contributed by atoms with E-state index >= 15 is 0 Å². The van der Waals surface area contributed by atoms with Crippen LogP contribution in [0.1, 0.15) is 30.7 Å². The minimum atomic E-state index is -0.194. The Morgan fingerprint density at radius 1 is 1.00 bits per heavy atom. The van der Waals surface area contributed by atoms with Gasteiger partial charge in [-0.25, -0.2) is 9.97 Å². The molecule has 6 nitrogen and oxygen atoms in total. The topological polar surface area (TPSA) is 76.1 Å². The summed E-state index contributed by atoms with van der Waals surface area (Å²) in [4.78, 5) is 20.8. The number of rotatable bonds is 8. The molecule has 0 unspecified atom stereocenters. The molecule has 3 rings (SSSR count). The van der Waals surface area contributed by atoms with Gasteiger partial charge in [-0.1, -0.05) is 38.1 Å². The van der Waals surface area contributed by atoms with Crippen molar-refractivity contribution in [2.24, 2.45) is 0 Å². The second kappa shape index (κ2) is 9.68. The zero-order valence-corrected chi connectivity index (χ0v) is 17.0. The summed E-state index contributed by atoms with van der Waals surface area (Å²) in [5, 5.41) is 6.22. The highest BCUT2D eigenvalue weighted by molar-refractivity contribution is 5.93. The molecule has 0 radical (unpaired) electrons. The molecule has 1 aromatic heterocycles. The first kappa shape index (κ1) is 20.3. The van der Waals surface area contributed by atoms with Gasteiger partial charge >= 0.3 is 0 Å². The van der Waals surface area contributed by atoms with Crippen LogP contribution in [-0.2, 0) is 17.6 Å². The van der Waals surface area contributed by atoms with Gasteiger partial charge in [0.2, 0.25) is 0 Å². The summed E-state index contributed by atoms with van der Waals surface area (Å²) < 4.78 is 5.73. The fraction of sp³-hybridized carbons (Fsp3) is 0.261. The Morgan fingerprint density at radius 3 is 2.55 bits per heavy atom. The summed E-state index contributed by atoms with van der Waals surface area (Å²) in [6, 6.07) is 15.5. The molecule has 0 aliphatic rings. The zero-order chi connectivity index (χ0) is 20.6. The van der Waals surface area contributed by atoms with Crippen LogP contribution in [0.2, 0.25) is 0 Å². The quantitative estimate of drug-likeness (QED) is 0.584. The second-order valence-electron chi connectivity index (χ2n) is 6.69. The SMILES string of the molecule is CCc1ccc(Nc2cc(C)ncn2)cc1NC(=O)COc1ccccc1CC. The third-order valence-corrected chi connectivity index (χ3v) is 4.55. The van der Waals surface area contributed by atoms with Crippen molar-refractivity contribution in [1.29, 1.82) is 0 Å². The Labute approximate surface area is 171 Å². The summed E-state index contributed by atoms with van der Waals surface area (Å²) in [7, 11) is 0. The van der Waals surface area contributed by atoms with E-state index in [2.05, 4.69) is 34.4 Å². The first-order chi connectivity index (χ1) is 14.1. The Balaban J connectivity index is 1.69. The molecular weight excluding hydrogens is 364 g/mol. The van der Waals surface area contributed by atoms with Crippen LogP contribution < -0.4 is 15.4 Å². The van der Waals surface area contributed by atoms with Crippen LogP contribution in [0.4, 0.5) is 17.2 Å². The molecule has 0 aliphatic heterocycles. The number of nitrogens with zero attached hydrogens (tertiary/aromatic N) is 2. The average molecular weight is 390 g/mol. The standard InChI is InChI=1S/C23H26N4O2/c1-4-17-10-11-19(26-22-12-16(3)24-15-25-22)13-20(17)27-23(28)14-29-21-9-7-6-8-18(21)5-2/h6-13,15H,4-5,14H2,1-3H3,(H,27,28)(H,24,25,26). The lowest BCUT2D eigenvalue weighted by molar-refractivity contribution is -0.118. The Kier molecular flexibility index (Phi) is 6.79. The number of aryl methyl sites for hydroxylation is 3. The monoisotopic (exact) mass is 390 g/mol. The highest BCUT2D eigenvalue weighted by Crippen LogP contribution is 2.24. The minimum Gasteiger partial charge on any atom is -0.483 e. The van der Waals surface area contributed by atoms with E-state index < -0.39 is 0 Å². The molecule has 3 aromatic rings. The van der Waals surface area contributed by atoms with Gasteiger partial charge in [-0.2, -0.15) is 0 Å². The van der Waals surface area contributed by atoms with Gasteiger partial charge in [0.25, 0.3) is 5.91 Å². The third-order valence-electron chi connectivity index (χ3n) is 4.55. The lowest BCUT2D eigenvalue weighted by atomic mass is 10.1. The molecule has 29 heavy (non-hydrogen) atoms. The molecule has 6 heteroatoms. The summed E-state index contributed by atoms with van der Waals surface area (Å²) in [6.45, 7) is 5.99. The number of anilines is 3. The van der Waals surface area contributed by atoms with Gasteiger partial charge in [0.1, 0.15) is 17.9 Å². The Morgan fingerprint density at radius 2 is 1.79 bits per heavy atom. The molecule has 1 heterocycles.